The highest BCUT2D eigenvalue weighted by Crippen LogP contribution is 2.32. The number of hydrogen-bond donors (Lipinski definition) is 0. The van der Waals surface area contributed by atoms with E-state index in [2.05, 4.69) is 10.1 Å². The molecule has 1 aromatic heterocycles. The van der Waals surface area contributed by atoms with E-state index in [1.807, 2.05) is 0 Å². The summed E-state index contributed by atoms with van der Waals surface area (Å²) in [6.07, 6.45) is 1.70. The molecule has 0 aliphatic heterocycles. The van der Waals surface area contributed by atoms with Crippen LogP contribution >= 0.6 is 34.8 Å². The average Bonchev–Trinajstić information content (AvgIpc) is 3.00. The summed E-state index contributed by atoms with van der Waals surface area (Å²) in [6, 6.07) is 4.75. The van der Waals surface area contributed by atoms with Gasteiger partial charge in [-0.05, 0) is 18.2 Å². The van der Waals surface area contributed by atoms with Gasteiger partial charge >= 0.3 is 0 Å². The molecule has 8 heteroatoms. The van der Waals surface area contributed by atoms with E-state index in [0.717, 1.165) is 0 Å². The molecule has 2 aromatic rings. The van der Waals surface area contributed by atoms with Crippen molar-refractivity contribution in [3.05, 3.63) is 40.9 Å². The minimum atomic E-state index is -1.02. The zero-order chi connectivity index (χ0) is 16.3. The van der Waals surface area contributed by atoms with Crippen molar-refractivity contribution in [3.8, 4) is 5.75 Å². The van der Waals surface area contributed by atoms with Gasteiger partial charge in [0.2, 0.25) is 5.78 Å². The van der Waals surface area contributed by atoms with Gasteiger partial charge in [-0.25, -0.2) is 9.67 Å². The molecule has 0 aliphatic carbocycles. The standard InChI is InChI=1S/C14H14Cl3N3O2/c1-14(2,6-15)12(21)13(20-8-18-7-19-20)22-11-4-3-9(16)5-10(11)17/h3-5,7-8,13H,6H2,1-2H3. The number of Topliss-reactive ketones (excluding diaryl/α,β-unsaturated/α-hetero) is 1. The number of benzene rings is 1. The fraction of sp³-hybridized carbons (Fsp3) is 0.357. The van der Waals surface area contributed by atoms with Gasteiger partial charge in [-0.15, -0.1) is 11.6 Å². The number of ketones is 1. The predicted molar refractivity (Wildman–Crippen MR) is 85.7 cm³/mol. The molecule has 2 rings (SSSR count). The van der Waals surface area contributed by atoms with Crippen LogP contribution < -0.4 is 4.74 Å². The van der Waals surface area contributed by atoms with Gasteiger partial charge in [-0.3, -0.25) is 4.79 Å². The first-order valence-electron chi connectivity index (χ1n) is 6.41. The van der Waals surface area contributed by atoms with Crippen LogP contribution in [-0.2, 0) is 4.79 Å². The summed E-state index contributed by atoms with van der Waals surface area (Å²) in [4.78, 5) is 16.6. The van der Waals surface area contributed by atoms with E-state index < -0.39 is 11.6 Å². The number of aromatic nitrogens is 3. The van der Waals surface area contributed by atoms with Gasteiger partial charge in [0.1, 0.15) is 18.4 Å². The van der Waals surface area contributed by atoms with E-state index in [1.165, 1.54) is 23.4 Å². The SMILES string of the molecule is CC(C)(CCl)C(=O)C(Oc1ccc(Cl)cc1Cl)n1cncn1. The molecular formula is C14H14Cl3N3O2. The number of ether oxygens (including phenoxy) is 1. The Bertz CT molecular complexity index is 659. The highest BCUT2D eigenvalue weighted by atomic mass is 35.5. The maximum Gasteiger partial charge on any atom is 0.252 e. The molecule has 0 N–H and O–H groups in total. The van der Waals surface area contributed by atoms with Gasteiger partial charge in [0.05, 0.1) is 5.02 Å². The minimum absolute atomic E-state index is 0.148. The summed E-state index contributed by atoms with van der Waals surface area (Å²) in [5.74, 6) is 0.235. The lowest BCUT2D eigenvalue weighted by atomic mass is 9.89. The highest BCUT2D eigenvalue weighted by Gasteiger charge is 2.36. The zero-order valence-corrected chi connectivity index (χ0v) is 14.2. The molecule has 0 saturated heterocycles. The van der Waals surface area contributed by atoms with Crippen LogP contribution in [0.5, 0.6) is 5.75 Å². The lowest BCUT2D eigenvalue weighted by molar-refractivity contribution is -0.138. The van der Waals surface area contributed by atoms with Crippen molar-refractivity contribution in [2.45, 2.75) is 20.1 Å². The predicted octanol–water partition coefficient (Wildman–Crippen LogP) is 4.00. The third-order valence-electron chi connectivity index (χ3n) is 3.03. The summed E-state index contributed by atoms with van der Waals surface area (Å²) < 4.78 is 7.08. The van der Waals surface area contributed by atoms with Crippen molar-refractivity contribution in [2.24, 2.45) is 5.41 Å². The van der Waals surface area contributed by atoms with Crippen LogP contribution in [0.3, 0.4) is 0 Å². The van der Waals surface area contributed by atoms with Gasteiger partial charge < -0.3 is 4.74 Å². The normalized spacial score (nSPS) is 13.0. The van der Waals surface area contributed by atoms with Crippen LogP contribution in [0.2, 0.25) is 10.0 Å². The van der Waals surface area contributed by atoms with Crippen LogP contribution in [-0.4, -0.2) is 26.4 Å². The summed E-state index contributed by atoms with van der Waals surface area (Å²) in [6.45, 7) is 3.47. The Hall–Kier alpha value is -1.30. The van der Waals surface area contributed by atoms with Gasteiger partial charge in [-0.1, -0.05) is 37.0 Å². The molecule has 1 atom stereocenters. The van der Waals surface area contributed by atoms with E-state index in [-0.39, 0.29) is 11.7 Å². The zero-order valence-electron chi connectivity index (χ0n) is 12.0. The van der Waals surface area contributed by atoms with Crippen molar-refractivity contribution in [1.82, 2.24) is 14.8 Å². The number of nitrogens with zero attached hydrogens (tertiary/aromatic N) is 3. The van der Waals surface area contributed by atoms with Gasteiger partial charge in [-0.2, -0.15) is 5.10 Å². The fourth-order valence-electron chi connectivity index (χ4n) is 1.66. The summed E-state index contributed by atoms with van der Waals surface area (Å²) in [5.41, 5.74) is -0.795. The van der Waals surface area contributed by atoms with Gasteiger partial charge in [0.15, 0.2) is 0 Å². The van der Waals surface area contributed by atoms with Crippen molar-refractivity contribution in [1.29, 1.82) is 0 Å². The first-order chi connectivity index (χ1) is 10.3. The lowest BCUT2D eigenvalue weighted by Gasteiger charge is -2.26. The maximum atomic E-state index is 12.7. The van der Waals surface area contributed by atoms with Crippen LogP contribution in [0.25, 0.3) is 0 Å². The Kier molecular flexibility index (Phi) is 5.32. The van der Waals surface area contributed by atoms with E-state index >= 15 is 0 Å². The van der Waals surface area contributed by atoms with Crippen LogP contribution in [0.4, 0.5) is 0 Å². The molecule has 0 spiro atoms. The fourth-order valence-corrected chi connectivity index (χ4v) is 2.24. The van der Waals surface area contributed by atoms with E-state index in [1.54, 1.807) is 26.0 Å². The van der Waals surface area contributed by atoms with Gasteiger partial charge in [0.25, 0.3) is 6.23 Å². The summed E-state index contributed by atoms with van der Waals surface area (Å²) >= 11 is 17.8. The largest absolute Gasteiger partial charge is 0.460 e. The van der Waals surface area contributed by atoms with Crippen LogP contribution in [0.1, 0.15) is 20.1 Å². The molecule has 118 valence electrons. The number of carbonyl (C=O) groups excluding carboxylic acids is 1. The molecule has 1 aromatic carbocycles. The quantitative estimate of drug-likeness (QED) is 0.729. The Morgan fingerprint density at radius 3 is 2.68 bits per heavy atom. The number of alkyl halides is 1. The molecule has 5 nitrogen and oxygen atoms in total. The first-order valence-corrected chi connectivity index (χ1v) is 7.70. The molecule has 0 aliphatic rings. The van der Waals surface area contributed by atoms with Crippen LogP contribution in [0, 0.1) is 5.41 Å². The molecule has 0 radical (unpaired) electrons. The Balaban J connectivity index is 2.36. The topological polar surface area (TPSA) is 57.0 Å². The lowest BCUT2D eigenvalue weighted by Crippen LogP contribution is -2.37. The highest BCUT2D eigenvalue weighted by molar-refractivity contribution is 6.35. The number of halogens is 3. The Morgan fingerprint density at radius 1 is 1.41 bits per heavy atom. The Morgan fingerprint density at radius 2 is 2.14 bits per heavy atom. The number of carbonyl (C=O) groups is 1. The summed E-state index contributed by atoms with van der Waals surface area (Å²) in [7, 11) is 0. The second-order valence-corrected chi connectivity index (χ2v) is 6.41. The molecule has 0 bridgehead atoms. The van der Waals surface area contributed by atoms with E-state index in [9.17, 15) is 4.79 Å². The maximum absolute atomic E-state index is 12.7. The van der Waals surface area contributed by atoms with Crippen molar-refractivity contribution < 1.29 is 9.53 Å². The Labute approximate surface area is 143 Å². The molecule has 0 saturated carbocycles. The van der Waals surface area contributed by atoms with Crippen molar-refractivity contribution >= 4 is 40.6 Å². The molecular weight excluding hydrogens is 349 g/mol. The second kappa shape index (κ2) is 6.86. The van der Waals surface area contributed by atoms with Crippen molar-refractivity contribution in [3.63, 3.8) is 0 Å². The first kappa shape index (κ1) is 17.1. The third kappa shape index (κ3) is 3.72. The van der Waals surface area contributed by atoms with Crippen molar-refractivity contribution in [2.75, 3.05) is 5.88 Å². The summed E-state index contributed by atoms with van der Waals surface area (Å²) in [5, 5.41) is 4.75. The monoisotopic (exact) mass is 361 g/mol. The van der Waals surface area contributed by atoms with Gasteiger partial charge in [0, 0.05) is 16.3 Å². The molecule has 0 amide bonds. The van der Waals surface area contributed by atoms with E-state index in [4.69, 9.17) is 39.5 Å². The molecule has 0 fully saturated rings. The van der Waals surface area contributed by atoms with E-state index in [0.29, 0.717) is 15.8 Å². The third-order valence-corrected chi connectivity index (χ3v) is 4.23. The van der Waals surface area contributed by atoms with Crippen LogP contribution in [0.15, 0.2) is 30.9 Å². The molecule has 1 unspecified atom stereocenters. The average molecular weight is 363 g/mol. The number of rotatable bonds is 6. The molecule has 1 heterocycles. The second-order valence-electron chi connectivity index (χ2n) is 5.30. The minimum Gasteiger partial charge on any atom is -0.460 e. The number of hydrogen-bond acceptors (Lipinski definition) is 4. The molecule has 22 heavy (non-hydrogen) atoms. The smallest absolute Gasteiger partial charge is 0.252 e.